The van der Waals surface area contributed by atoms with E-state index in [2.05, 4.69) is 16.3 Å². The molecule has 146 valence electrons. The number of aliphatic hydroxyl groups excluding tert-OH is 1. The first kappa shape index (κ1) is 17.4. The summed E-state index contributed by atoms with van der Waals surface area (Å²) in [7, 11) is 0. The van der Waals surface area contributed by atoms with Crippen LogP contribution in [0, 0.1) is 11.8 Å². The Labute approximate surface area is 159 Å². The van der Waals surface area contributed by atoms with Crippen LogP contribution in [0.5, 0.6) is 5.75 Å². The molecule has 0 radical (unpaired) electrons. The minimum absolute atomic E-state index is 0.0743. The second-order valence-electron chi connectivity index (χ2n) is 8.25. The van der Waals surface area contributed by atoms with Crippen molar-refractivity contribution in [3.05, 3.63) is 29.8 Å². The SMILES string of the molecule is O=C(CN1CCOc2ccccc2C1)N1C[C@@H]2[C@H](CO)[C@H]3CNC[C@]2(C1)O3. The number of para-hydroxylation sites is 1. The van der Waals surface area contributed by atoms with Gasteiger partial charge in [-0.15, -0.1) is 0 Å². The molecule has 1 aromatic carbocycles. The first-order chi connectivity index (χ1) is 13.2. The second-order valence-corrected chi connectivity index (χ2v) is 8.25. The van der Waals surface area contributed by atoms with Crippen molar-refractivity contribution >= 4 is 5.91 Å². The molecular formula is C20H27N3O4. The predicted molar refractivity (Wildman–Crippen MR) is 98.3 cm³/mol. The van der Waals surface area contributed by atoms with Crippen LogP contribution in [-0.2, 0) is 16.1 Å². The molecule has 0 unspecified atom stereocenters. The maximum atomic E-state index is 13.0. The Morgan fingerprint density at radius 2 is 2.26 bits per heavy atom. The highest BCUT2D eigenvalue weighted by molar-refractivity contribution is 5.79. The molecule has 1 aromatic rings. The number of carbonyl (C=O) groups excluding carboxylic acids is 1. The molecule has 1 amide bonds. The Bertz CT molecular complexity index is 729. The van der Waals surface area contributed by atoms with E-state index in [1.165, 1.54) is 0 Å². The highest BCUT2D eigenvalue weighted by Gasteiger charge is 2.61. The monoisotopic (exact) mass is 373 g/mol. The van der Waals surface area contributed by atoms with E-state index in [0.717, 1.165) is 37.5 Å². The van der Waals surface area contributed by atoms with Gasteiger partial charge in [-0.25, -0.2) is 0 Å². The lowest BCUT2D eigenvalue weighted by molar-refractivity contribution is -0.135. The van der Waals surface area contributed by atoms with Gasteiger partial charge in [0.05, 0.1) is 19.2 Å². The van der Waals surface area contributed by atoms with Crippen molar-refractivity contribution in [2.45, 2.75) is 18.2 Å². The van der Waals surface area contributed by atoms with Crippen LogP contribution in [-0.4, -0.2) is 85.0 Å². The van der Waals surface area contributed by atoms with Gasteiger partial charge < -0.3 is 24.8 Å². The van der Waals surface area contributed by atoms with Gasteiger partial charge in [0.2, 0.25) is 5.91 Å². The van der Waals surface area contributed by atoms with Crippen molar-refractivity contribution < 1.29 is 19.4 Å². The number of morpholine rings is 1. The summed E-state index contributed by atoms with van der Waals surface area (Å²) in [5.74, 6) is 1.40. The molecule has 0 saturated carbocycles. The fraction of sp³-hybridized carbons (Fsp3) is 0.650. The van der Waals surface area contributed by atoms with Crippen LogP contribution in [0.2, 0.25) is 0 Å². The molecule has 4 heterocycles. The number of aliphatic hydroxyl groups is 1. The molecule has 2 N–H and O–H groups in total. The minimum Gasteiger partial charge on any atom is -0.492 e. The van der Waals surface area contributed by atoms with Crippen LogP contribution in [0.3, 0.4) is 0 Å². The Balaban J connectivity index is 1.26. The van der Waals surface area contributed by atoms with Gasteiger partial charge in [-0.1, -0.05) is 18.2 Å². The molecule has 27 heavy (non-hydrogen) atoms. The molecule has 0 aliphatic carbocycles. The topological polar surface area (TPSA) is 74.3 Å². The number of nitrogens with one attached hydrogen (secondary N) is 1. The van der Waals surface area contributed by atoms with E-state index >= 15 is 0 Å². The number of nitrogens with zero attached hydrogens (tertiary/aromatic N) is 2. The molecular weight excluding hydrogens is 346 g/mol. The van der Waals surface area contributed by atoms with Gasteiger partial charge in [-0.3, -0.25) is 9.69 Å². The van der Waals surface area contributed by atoms with E-state index in [1.54, 1.807) is 0 Å². The zero-order valence-corrected chi connectivity index (χ0v) is 15.5. The summed E-state index contributed by atoms with van der Waals surface area (Å²) in [6.07, 6.45) is 0.0743. The zero-order chi connectivity index (χ0) is 18.4. The van der Waals surface area contributed by atoms with Gasteiger partial charge in [0, 0.05) is 56.7 Å². The lowest BCUT2D eigenvalue weighted by atomic mass is 9.83. The van der Waals surface area contributed by atoms with Crippen molar-refractivity contribution in [3.63, 3.8) is 0 Å². The van der Waals surface area contributed by atoms with Gasteiger partial charge >= 0.3 is 0 Å². The van der Waals surface area contributed by atoms with Gasteiger partial charge in [0.1, 0.15) is 18.0 Å². The molecule has 5 rings (SSSR count). The number of hydrogen-bond acceptors (Lipinski definition) is 6. The van der Waals surface area contributed by atoms with Crippen molar-refractivity contribution in [1.29, 1.82) is 0 Å². The lowest BCUT2D eigenvalue weighted by Crippen LogP contribution is -2.53. The van der Waals surface area contributed by atoms with Gasteiger partial charge in [-0.2, -0.15) is 0 Å². The number of amides is 1. The summed E-state index contributed by atoms with van der Waals surface area (Å²) >= 11 is 0. The first-order valence-electron chi connectivity index (χ1n) is 9.89. The average molecular weight is 373 g/mol. The Kier molecular flexibility index (Phi) is 4.35. The standard InChI is InChI=1S/C20H27N3O4/c24-11-15-16-9-23(13-20(16)12-21-7-18(15)27-20)19(25)10-22-5-6-26-17-4-2-1-3-14(17)8-22/h1-4,15-16,18,21,24H,5-13H2/t15-,16+,18+,20+/m0/s1. The number of benzene rings is 1. The van der Waals surface area contributed by atoms with Crippen molar-refractivity contribution in [1.82, 2.24) is 15.1 Å². The summed E-state index contributed by atoms with van der Waals surface area (Å²) in [6.45, 7) is 5.44. The minimum atomic E-state index is -0.319. The van der Waals surface area contributed by atoms with E-state index in [0.29, 0.717) is 26.2 Å². The van der Waals surface area contributed by atoms with Crippen LogP contribution in [0.25, 0.3) is 0 Å². The Hall–Kier alpha value is -1.67. The summed E-state index contributed by atoms with van der Waals surface area (Å²) in [6, 6.07) is 8.03. The van der Waals surface area contributed by atoms with Crippen LogP contribution < -0.4 is 10.1 Å². The average Bonchev–Trinajstić information content (AvgIpc) is 3.00. The van der Waals surface area contributed by atoms with Crippen LogP contribution >= 0.6 is 0 Å². The van der Waals surface area contributed by atoms with Crippen molar-refractivity contribution in [2.24, 2.45) is 11.8 Å². The maximum absolute atomic E-state index is 13.0. The molecule has 3 fully saturated rings. The highest BCUT2D eigenvalue weighted by Crippen LogP contribution is 2.47. The van der Waals surface area contributed by atoms with E-state index in [4.69, 9.17) is 9.47 Å². The van der Waals surface area contributed by atoms with E-state index in [-0.39, 0.29) is 36.1 Å². The smallest absolute Gasteiger partial charge is 0.236 e. The third kappa shape index (κ3) is 2.93. The summed E-state index contributed by atoms with van der Waals surface area (Å²) < 4.78 is 12.1. The Morgan fingerprint density at radius 3 is 3.15 bits per heavy atom. The van der Waals surface area contributed by atoms with E-state index in [9.17, 15) is 9.90 Å². The number of fused-ring (bicyclic) bond motifs is 2. The Morgan fingerprint density at radius 1 is 1.37 bits per heavy atom. The highest BCUT2D eigenvalue weighted by atomic mass is 16.5. The number of likely N-dealkylation sites (tertiary alicyclic amines) is 1. The van der Waals surface area contributed by atoms with Crippen LogP contribution in [0.15, 0.2) is 24.3 Å². The van der Waals surface area contributed by atoms with Crippen molar-refractivity contribution in [3.8, 4) is 5.75 Å². The molecule has 2 bridgehead atoms. The predicted octanol–water partition coefficient (Wildman–Crippen LogP) is -0.311. The number of ether oxygens (including phenoxy) is 2. The van der Waals surface area contributed by atoms with E-state index in [1.807, 2.05) is 23.1 Å². The molecule has 4 aliphatic rings. The summed E-state index contributed by atoms with van der Waals surface area (Å²) in [5.41, 5.74) is 0.809. The number of hydrogen-bond donors (Lipinski definition) is 2. The second kappa shape index (κ2) is 6.74. The quantitative estimate of drug-likeness (QED) is 0.757. The van der Waals surface area contributed by atoms with Crippen molar-refractivity contribution in [2.75, 3.05) is 52.5 Å². The molecule has 4 aliphatic heterocycles. The summed E-state index contributed by atoms with van der Waals surface area (Å²) in [5, 5.41) is 13.3. The third-order valence-electron chi connectivity index (χ3n) is 6.66. The first-order valence-corrected chi connectivity index (χ1v) is 9.89. The van der Waals surface area contributed by atoms with Gasteiger partial charge in [0.25, 0.3) is 0 Å². The normalized spacial score (nSPS) is 35.3. The molecule has 1 spiro atoms. The zero-order valence-electron chi connectivity index (χ0n) is 15.5. The molecule has 0 aromatic heterocycles. The van der Waals surface area contributed by atoms with Crippen LogP contribution in [0.4, 0.5) is 0 Å². The maximum Gasteiger partial charge on any atom is 0.236 e. The molecule has 4 atom stereocenters. The van der Waals surface area contributed by atoms with Gasteiger partial charge in [-0.05, 0) is 6.07 Å². The fourth-order valence-electron chi connectivity index (χ4n) is 5.30. The van der Waals surface area contributed by atoms with Crippen LogP contribution in [0.1, 0.15) is 5.56 Å². The molecule has 3 saturated heterocycles. The number of rotatable bonds is 3. The number of carbonyl (C=O) groups is 1. The largest absolute Gasteiger partial charge is 0.492 e. The lowest BCUT2D eigenvalue weighted by Gasteiger charge is -2.34. The molecule has 7 heteroatoms. The van der Waals surface area contributed by atoms with Gasteiger partial charge in [0.15, 0.2) is 0 Å². The summed E-state index contributed by atoms with van der Waals surface area (Å²) in [4.78, 5) is 17.1. The molecule has 7 nitrogen and oxygen atoms in total. The fourth-order valence-corrected chi connectivity index (χ4v) is 5.30. The van der Waals surface area contributed by atoms with E-state index < -0.39 is 0 Å². The third-order valence-corrected chi connectivity index (χ3v) is 6.66.